The molecule has 4 nitrogen and oxygen atoms in total. The molecule has 1 amide bonds. The van der Waals surface area contributed by atoms with Crippen LogP contribution in [0.5, 0.6) is 0 Å². The third kappa shape index (κ3) is 4.09. The summed E-state index contributed by atoms with van der Waals surface area (Å²) in [7, 11) is 0. The summed E-state index contributed by atoms with van der Waals surface area (Å²) in [4.78, 5) is 23.4. The van der Waals surface area contributed by atoms with Crippen molar-refractivity contribution in [3.8, 4) is 0 Å². The Morgan fingerprint density at radius 2 is 1.68 bits per heavy atom. The molecule has 2 N–H and O–H groups in total. The summed E-state index contributed by atoms with van der Waals surface area (Å²) in [6.07, 6.45) is 0. The van der Waals surface area contributed by atoms with Crippen LogP contribution in [0.1, 0.15) is 39.2 Å². The van der Waals surface area contributed by atoms with Gasteiger partial charge in [0.05, 0.1) is 5.92 Å². The van der Waals surface area contributed by atoms with E-state index in [9.17, 15) is 14.7 Å². The summed E-state index contributed by atoms with van der Waals surface area (Å²) in [6, 6.07) is 8.42. The maximum atomic E-state index is 12.1. The topological polar surface area (TPSA) is 66.4 Å². The Balaban J connectivity index is 2.81. The van der Waals surface area contributed by atoms with Gasteiger partial charge in [-0.3, -0.25) is 4.79 Å². The highest BCUT2D eigenvalue weighted by Crippen LogP contribution is 2.21. The van der Waals surface area contributed by atoms with Crippen LogP contribution in [0.2, 0.25) is 0 Å². The second kappa shape index (κ2) is 5.87. The molecule has 0 saturated carbocycles. The first-order chi connectivity index (χ1) is 8.73. The molecular formula is C15H21NO3. The van der Waals surface area contributed by atoms with Gasteiger partial charge in [-0.15, -0.1) is 0 Å². The molecule has 0 fully saturated rings. The van der Waals surface area contributed by atoms with Crippen molar-refractivity contribution in [2.45, 2.75) is 39.7 Å². The molecule has 0 aliphatic heterocycles. The molecule has 0 radical (unpaired) electrons. The summed E-state index contributed by atoms with van der Waals surface area (Å²) < 4.78 is 0. The molecule has 1 aromatic carbocycles. The zero-order chi connectivity index (χ0) is 14.6. The maximum absolute atomic E-state index is 12.1. The molecule has 1 rings (SSSR count). The average Bonchev–Trinajstić information content (AvgIpc) is 2.34. The van der Waals surface area contributed by atoms with Gasteiger partial charge in [-0.2, -0.15) is 0 Å². The third-order valence-corrected chi connectivity index (χ3v) is 3.09. The zero-order valence-electron chi connectivity index (χ0n) is 11.8. The molecule has 1 unspecified atom stereocenters. The van der Waals surface area contributed by atoms with E-state index in [4.69, 9.17) is 0 Å². The number of carboxylic acids is 1. The van der Waals surface area contributed by atoms with E-state index >= 15 is 0 Å². The fourth-order valence-corrected chi connectivity index (χ4v) is 1.81. The normalized spacial score (nSPS) is 14.5. The second-order valence-corrected chi connectivity index (χ2v) is 5.78. The van der Waals surface area contributed by atoms with Crippen LogP contribution in [-0.4, -0.2) is 23.0 Å². The standard InChI is InChI=1S/C15H21NO3/c1-10(11-8-6-5-7-9-11)13(17)16-12(14(18)19)15(2,3)4/h5-10,12H,1-4H3,(H,16,17)(H,18,19)/t10?,12-/m1/s1. The van der Waals surface area contributed by atoms with Crippen LogP contribution >= 0.6 is 0 Å². The summed E-state index contributed by atoms with van der Waals surface area (Å²) in [6.45, 7) is 7.14. The van der Waals surface area contributed by atoms with Gasteiger partial charge in [0.1, 0.15) is 6.04 Å². The fourth-order valence-electron chi connectivity index (χ4n) is 1.81. The predicted octanol–water partition coefficient (Wildman–Crippen LogP) is 2.41. The van der Waals surface area contributed by atoms with E-state index in [1.54, 1.807) is 27.7 Å². The van der Waals surface area contributed by atoms with Crippen LogP contribution in [0.25, 0.3) is 0 Å². The molecule has 0 aliphatic rings. The van der Waals surface area contributed by atoms with E-state index in [1.165, 1.54) is 0 Å². The van der Waals surface area contributed by atoms with Crippen LogP contribution in [0.3, 0.4) is 0 Å². The number of rotatable bonds is 4. The molecule has 4 heteroatoms. The number of carboxylic acid groups (broad SMARTS) is 1. The molecule has 104 valence electrons. The number of hydrogen-bond acceptors (Lipinski definition) is 2. The number of benzene rings is 1. The Morgan fingerprint density at radius 1 is 1.16 bits per heavy atom. The minimum atomic E-state index is -1.01. The van der Waals surface area contributed by atoms with E-state index in [1.807, 2.05) is 30.3 Å². The Hall–Kier alpha value is -1.84. The van der Waals surface area contributed by atoms with Crippen molar-refractivity contribution >= 4 is 11.9 Å². The van der Waals surface area contributed by atoms with Gasteiger partial charge in [-0.1, -0.05) is 51.1 Å². The van der Waals surface area contributed by atoms with Gasteiger partial charge < -0.3 is 10.4 Å². The van der Waals surface area contributed by atoms with Gasteiger partial charge in [0.25, 0.3) is 0 Å². The molecule has 2 atom stereocenters. The Morgan fingerprint density at radius 3 is 2.11 bits per heavy atom. The lowest BCUT2D eigenvalue weighted by atomic mass is 9.86. The second-order valence-electron chi connectivity index (χ2n) is 5.78. The maximum Gasteiger partial charge on any atom is 0.326 e. The van der Waals surface area contributed by atoms with Gasteiger partial charge in [0, 0.05) is 0 Å². The quantitative estimate of drug-likeness (QED) is 0.876. The van der Waals surface area contributed by atoms with Crippen molar-refractivity contribution in [3.63, 3.8) is 0 Å². The highest BCUT2D eigenvalue weighted by Gasteiger charge is 2.33. The van der Waals surface area contributed by atoms with Crippen LogP contribution in [0.15, 0.2) is 30.3 Å². The minimum Gasteiger partial charge on any atom is -0.480 e. The van der Waals surface area contributed by atoms with Crippen molar-refractivity contribution in [2.75, 3.05) is 0 Å². The van der Waals surface area contributed by atoms with E-state index < -0.39 is 17.4 Å². The van der Waals surface area contributed by atoms with Crippen LogP contribution in [0.4, 0.5) is 0 Å². The molecule has 0 bridgehead atoms. The van der Waals surface area contributed by atoms with Crippen molar-refractivity contribution in [1.82, 2.24) is 5.32 Å². The summed E-state index contributed by atoms with van der Waals surface area (Å²) in [5.74, 6) is -1.65. The first-order valence-corrected chi connectivity index (χ1v) is 6.31. The fraction of sp³-hybridized carbons (Fsp3) is 0.467. The Labute approximate surface area is 113 Å². The highest BCUT2D eigenvalue weighted by molar-refractivity contribution is 5.88. The number of carbonyl (C=O) groups is 2. The Bertz CT molecular complexity index is 448. The smallest absolute Gasteiger partial charge is 0.326 e. The van der Waals surface area contributed by atoms with Gasteiger partial charge in [0.15, 0.2) is 0 Å². The summed E-state index contributed by atoms with van der Waals surface area (Å²) in [5.41, 5.74) is 0.343. The number of aliphatic carboxylic acids is 1. The van der Waals surface area contributed by atoms with Gasteiger partial charge in [-0.05, 0) is 17.9 Å². The molecule has 19 heavy (non-hydrogen) atoms. The van der Waals surface area contributed by atoms with Crippen LogP contribution in [-0.2, 0) is 9.59 Å². The zero-order valence-corrected chi connectivity index (χ0v) is 11.8. The lowest BCUT2D eigenvalue weighted by molar-refractivity contribution is -0.145. The Kier molecular flexibility index (Phi) is 4.70. The molecule has 0 aromatic heterocycles. The number of carbonyl (C=O) groups excluding carboxylic acids is 1. The minimum absolute atomic E-state index is 0.270. The average molecular weight is 263 g/mol. The monoisotopic (exact) mass is 263 g/mol. The molecule has 0 heterocycles. The predicted molar refractivity (Wildman–Crippen MR) is 73.9 cm³/mol. The van der Waals surface area contributed by atoms with E-state index in [0.29, 0.717) is 0 Å². The van der Waals surface area contributed by atoms with Crippen LogP contribution < -0.4 is 5.32 Å². The summed E-state index contributed by atoms with van der Waals surface area (Å²) in [5, 5.41) is 11.8. The molecular weight excluding hydrogens is 242 g/mol. The number of hydrogen-bond donors (Lipinski definition) is 2. The van der Waals surface area contributed by atoms with Crippen LogP contribution in [0, 0.1) is 5.41 Å². The first kappa shape index (κ1) is 15.2. The van der Waals surface area contributed by atoms with Crippen molar-refractivity contribution in [3.05, 3.63) is 35.9 Å². The number of amides is 1. The SMILES string of the molecule is CC(C(=O)N[C@H](C(=O)O)C(C)(C)C)c1ccccc1. The van der Waals surface area contributed by atoms with E-state index in [0.717, 1.165) is 5.56 Å². The number of nitrogens with one attached hydrogen (secondary N) is 1. The molecule has 0 saturated heterocycles. The van der Waals surface area contributed by atoms with E-state index in [-0.39, 0.29) is 11.8 Å². The van der Waals surface area contributed by atoms with Crippen molar-refractivity contribution in [1.29, 1.82) is 0 Å². The molecule has 1 aromatic rings. The molecule has 0 aliphatic carbocycles. The van der Waals surface area contributed by atoms with Crippen molar-refractivity contribution in [2.24, 2.45) is 5.41 Å². The highest BCUT2D eigenvalue weighted by atomic mass is 16.4. The van der Waals surface area contributed by atoms with Gasteiger partial charge in [0.2, 0.25) is 5.91 Å². The largest absolute Gasteiger partial charge is 0.480 e. The lowest BCUT2D eigenvalue weighted by Gasteiger charge is -2.28. The first-order valence-electron chi connectivity index (χ1n) is 6.31. The third-order valence-electron chi connectivity index (χ3n) is 3.09. The summed E-state index contributed by atoms with van der Waals surface area (Å²) >= 11 is 0. The lowest BCUT2D eigenvalue weighted by Crippen LogP contribution is -2.50. The van der Waals surface area contributed by atoms with Crippen molar-refractivity contribution < 1.29 is 14.7 Å². The van der Waals surface area contributed by atoms with Gasteiger partial charge in [-0.25, -0.2) is 4.79 Å². The van der Waals surface area contributed by atoms with Gasteiger partial charge >= 0.3 is 5.97 Å². The molecule has 0 spiro atoms. The van der Waals surface area contributed by atoms with E-state index in [2.05, 4.69) is 5.32 Å².